The first kappa shape index (κ1) is 26.9. The highest BCUT2D eigenvalue weighted by Crippen LogP contribution is 2.28. The molecule has 0 aliphatic heterocycles. The third kappa shape index (κ3) is 11.0. The largest absolute Gasteiger partial charge is 0.360 e. The summed E-state index contributed by atoms with van der Waals surface area (Å²) in [6.45, 7) is 25.5. The Hall–Kier alpha value is -1.10. The van der Waals surface area contributed by atoms with Crippen LogP contribution in [0.15, 0.2) is 48.2 Å². The third-order valence-corrected chi connectivity index (χ3v) is 6.99. The van der Waals surface area contributed by atoms with E-state index < -0.39 is 8.07 Å². The van der Waals surface area contributed by atoms with Crippen molar-refractivity contribution in [1.82, 2.24) is 10.4 Å². The maximum absolute atomic E-state index is 5.95. The van der Waals surface area contributed by atoms with Crippen LogP contribution in [0.2, 0.25) is 25.7 Å². The minimum Gasteiger partial charge on any atom is -0.360 e. The lowest BCUT2D eigenvalue weighted by Gasteiger charge is -2.28. The molecular weight excluding hydrogens is 360 g/mol. The fourth-order valence-electron chi connectivity index (χ4n) is 3.21. The lowest BCUT2D eigenvalue weighted by molar-refractivity contribution is 0.0317. The third-order valence-electron chi connectivity index (χ3n) is 5.29. The molecule has 0 spiro atoms. The van der Waals surface area contributed by atoms with Gasteiger partial charge in [0.1, 0.15) is 6.73 Å². The Morgan fingerprint density at radius 1 is 1.18 bits per heavy atom. The molecule has 0 heterocycles. The first-order chi connectivity index (χ1) is 13.1. The van der Waals surface area contributed by atoms with Crippen molar-refractivity contribution in [3.8, 4) is 0 Å². The molecule has 0 aromatic heterocycles. The van der Waals surface area contributed by atoms with Gasteiger partial charge < -0.3 is 4.74 Å². The number of nitrogens with zero attached hydrogens (tertiary/aromatic N) is 1. The van der Waals surface area contributed by atoms with E-state index in [1.165, 1.54) is 29.3 Å². The number of hydrogen-bond donors (Lipinski definition) is 1. The summed E-state index contributed by atoms with van der Waals surface area (Å²) in [5, 5.41) is 2.09. The maximum atomic E-state index is 5.95. The van der Waals surface area contributed by atoms with Crippen LogP contribution in [0, 0.1) is 11.8 Å². The van der Waals surface area contributed by atoms with E-state index in [1.54, 1.807) is 0 Å². The number of ether oxygens (including phenoxy) is 1. The molecule has 0 aliphatic rings. The Labute approximate surface area is 176 Å². The van der Waals surface area contributed by atoms with Crippen LogP contribution in [0.3, 0.4) is 0 Å². The van der Waals surface area contributed by atoms with Crippen LogP contribution in [0.1, 0.15) is 47.0 Å². The fourth-order valence-corrected chi connectivity index (χ4v) is 3.96. The quantitative estimate of drug-likeness (QED) is 0.107. The van der Waals surface area contributed by atoms with Gasteiger partial charge in [0.15, 0.2) is 0 Å². The summed E-state index contributed by atoms with van der Waals surface area (Å²) in [5.41, 5.74) is 7.18. The molecule has 2 atom stereocenters. The van der Waals surface area contributed by atoms with Crippen molar-refractivity contribution in [2.75, 3.05) is 20.4 Å². The monoisotopic (exact) mass is 406 g/mol. The van der Waals surface area contributed by atoms with Crippen LogP contribution in [0.25, 0.3) is 0 Å². The topological polar surface area (TPSA) is 24.5 Å². The molecular formula is C24H46N2OSi. The van der Waals surface area contributed by atoms with Crippen LogP contribution >= 0.6 is 0 Å². The smallest absolute Gasteiger partial charge is 0.132 e. The second-order valence-electron chi connectivity index (χ2n) is 9.13. The maximum Gasteiger partial charge on any atom is 0.132 e. The lowest BCUT2D eigenvalue weighted by atomic mass is 9.87. The first-order valence-electron chi connectivity index (χ1n) is 10.8. The molecule has 2 unspecified atom stereocenters. The number of hydrazine groups is 1. The molecule has 0 bridgehead atoms. The van der Waals surface area contributed by atoms with E-state index in [-0.39, 0.29) is 0 Å². The highest BCUT2D eigenvalue weighted by atomic mass is 28.3. The number of hydrogen-bond acceptors (Lipinski definition) is 3. The minimum atomic E-state index is -1.06. The molecule has 0 rings (SSSR count). The molecule has 4 heteroatoms. The standard InChI is InChI=1S/C24H46N2OSi/c1-11-14-23(17-20(4)12-2)18-21(5)24(13-3)22(6)26(25-7)19-27-15-16-28(8,9)10/h11,13-14,20-21,25H,1,3,12,15-19H2,2,4-10H3/b23-14-,24-22-. The molecule has 0 saturated carbocycles. The molecule has 0 saturated heterocycles. The molecule has 0 radical (unpaired) electrons. The molecule has 0 aliphatic carbocycles. The molecule has 0 fully saturated rings. The zero-order valence-electron chi connectivity index (χ0n) is 19.9. The summed E-state index contributed by atoms with van der Waals surface area (Å²) in [6, 6.07) is 1.18. The predicted octanol–water partition coefficient (Wildman–Crippen LogP) is 6.77. The van der Waals surface area contributed by atoms with Gasteiger partial charge in [-0.1, -0.05) is 83.8 Å². The number of rotatable bonds is 15. The van der Waals surface area contributed by atoms with E-state index in [2.05, 4.69) is 77.0 Å². The average Bonchev–Trinajstić information content (AvgIpc) is 2.61. The van der Waals surface area contributed by atoms with Crippen molar-refractivity contribution in [2.45, 2.75) is 72.6 Å². The highest BCUT2D eigenvalue weighted by molar-refractivity contribution is 6.76. The molecule has 1 N–H and O–H groups in total. The van der Waals surface area contributed by atoms with Crippen molar-refractivity contribution >= 4 is 8.07 Å². The fraction of sp³-hybridized carbons (Fsp3) is 0.667. The van der Waals surface area contributed by atoms with E-state index in [1.807, 2.05) is 19.2 Å². The van der Waals surface area contributed by atoms with Crippen LogP contribution in [0.4, 0.5) is 0 Å². The van der Waals surface area contributed by atoms with Crippen molar-refractivity contribution in [3.05, 3.63) is 48.2 Å². The van der Waals surface area contributed by atoms with Gasteiger partial charge >= 0.3 is 0 Å². The van der Waals surface area contributed by atoms with Crippen LogP contribution < -0.4 is 5.43 Å². The van der Waals surface area contributed by atoms with Crippen molar-refractivity contribution in [1.29, 1.82) is 0 Å². The summed E-state index contributed by atoms with van der Waals surface area (Å²) in [6.07, 6.45) is 9.47. The van der Waals surface area contributed by atoms with E-state index in [9.17, 15) is 0 Å². The van der Waals surface area contributed by atoms with Crippen LogP contribution in [0.5, 0.6) is 0 Å². The summed E-state index contributed by atoms with van der Waals surface area (Å²) in [5.74, 6) is 1.09. The second-order valence-corrected chi connectivity index (χ2v) is 14.7. The molecule has 28 heavy (non-hydrogen) atoms. The van der Waals surface area contributed by atoms with Gasteiger partial charge in [-0.15, -0.1) is 0 Å². The highest BCUT2D eigenvalue weighted by Gasteiger charge is 2.17. The zero-order chi connectivity index (χ0) is 21.7. The minimum absolute atomic E-state index is 0.394. The Kier molecular flexibility index (Phi) is 13.4. The van der Waals surface area contributed by atoms with E-state index >= 15 is 0 Å². The summed E-state index contributed by atoms with van der Waals surface area (Å²) in [4.78, 5) is 0. The summed E-state index contributed by atoms with van der Waals surface area (Å²) < 4.78 is 5.95. The Bertz CT molecular complexity index is 531. The molecule has 3 nitrogen and oxygen atoms in total. The molecule has 0 aromatic carbocycles. The first-order valence-corrected chi connectivity index (χ1v) is 14.5. The van der Waals surface area contributed by atoms with Crippen molar-refractivity contribution < 1.29 is 4.74 Å². The average molecular weight is 407 g/mol. The van der Waals surface area contributed by atoms with Gasteiger partial charge in [-0.25, -0.2) is 5.43 Å². The van der Waals surface area contributed by atoms with E-state index in [0.29, 0.717) is 18.6 Å². The Morgan fingerprint density at radius 3 is 2.29 bits per heavy atom. The van der Waals surface area contributed by atoms with Crippen molar-refractivity contribution in [2.24, 2.45) is 11.8 Å². The second kappa shape index (κ2) is 14.0. The van der Waals surface area contributed by atoms with Gasteiger partial charge in [0.25, 0.3) is 0 Å². The predicted molar refractivity (Wildman–Crippen MR) is 129 cm³/mol. The Balaban J connectivity index is 5.15. The van der Waals surface area contributed by atoms with E-state index in [4.69, 9.17) is 4.74 Å². The summed E-state index contributed by atoms with van der Waals surface area (Å²) >= 11 is 0. The van der Waals surface area contributed by atoms with Crippen molar-refractivity contribution in [3.63, 3.8) is 0 Å². The normalized spacial score (nSPS) is 15.6. The van der Waals surface area contributed by atoms with Crippen LogP contribution in [-0.4, -0.2) is 33.5 Å². The molecule has 162 valence electrons. The van der Waals surface area contributed by atoms with Gasteiger partial charge in [-0.05, 0) is 43.2 Å². The van der Waals surface area contributed by atoms with Gasteiger partial charge in [-0.3, -0.25) is 5.01 Å². The van der Waals surface area contributed by atoms with Gasteiger partial charge in [0.2, 0.25) is 0 Å². The van der Waals surface area contributed by atoms with Gasteiger partial charge in [0.05, 0.1) is 0 Å². The lowest BCUT2D eigenvalue weighted by Crippen LogP contribution is -2.37. The SMILES string of the molecule is C=C/C=C(/CC(C)CC)CC(C)/C(C=C)=C(/C)N(COCC[Si](C)(C)C)NC. The summed E-state index contributed by atoms with van der Waals surface area (Å²) in [7, 11) is 0.884. The number of allylic oxidation sites excluding steroid dienone is 6. The van der Waals surface area contributed by atoms with Crippen LogP contribution in [-0.2, 0) is 4.74 Å². The molecule has 0 amide bonds. The Morgan fingerprint density at radius 2 is 1.82 bits per heavy atom. The zero-order valence-corrected chi connectivity index (χ0v) is 20.9. The van der Waals surface area contributed by atoms with Gasteiger partial charge in [0, 0.05) is 27.4 Å². The van der Waals surface area contributed by atoms with Gasteiger partial charge in [-0.2, -0.15) is 0 Å². The molecule has 0 aromatic rings. The number of nitrogens with one attached hydrogen (secondary N) is 1. The van der Waals surface area contributed by atoms with E-state index in [0.717, 1.165) is 19.4 Å².